The first-order chi connectivity index (χ1) is 12.1. The highest BCUT2D eigenvalue weighted by atomic mass is 16.5. The van der Waals surface area contributed by atoms with E-state index >= 15 is 0 Å². The molecule has 5 heteroatoms. The number of rotatable bonds is 8. The van der Waals surface area contributed by atoms with Crippen LogP contribution in [0.2, 0.25) is 0 Å². The summed E-state index contributed by atoms with van der Waals surface area (Å²) in [6.07, 6.45) is 7.07. The standard InChI is InChI=1S/C20H27NO4/c1-3-24-18-11-9-17(10-12-18)20(23)25-15(2)19(22)21-14-13-16-7-5-4-6-8-16/h7,9-12,15H,3-6,8,13-14H2,1-2H3,(H,21,22)/t15-/m1/s1. The van der Waals surface area contributed by atoms with Crippen molar-refractivity contribution in [2.75, 3.05) is 13.2 Å². The molecule has 0 unspecified atom stereocenters. The molecule has 0 bridgehead atoms. The summed E-state index contributed by atoms with van der Waals surface area (Å²) < 4.78 is 10.6. The van der Waals surface area contributed by atoms with Crippen molar-refractivity contribution < 1.29 is 19.1 Å². The molecule has 1 N–H and O–H groups in total. The van der Waals surface area contributed by atoms with E-state index in [9.17, 15) is 9.59 Å². The van der Waals surface area contributed by atoms with Gasteiger partial charge in [0.05, 0.1) is 12.2 Å². The minimum Gasteiger partial charge on any atom is -0.494 e. The molecule has 0 aromatic heterocycles. The Labute approximate surface area is 149 Å². The summed E-state index contributed by atoms with van der Waals surface area (Å²) in [7, 11) is 0. The predicted molar refractivity (Wildman–Crippen MR) is 96.7 cm³/mol. The zero-order valence-corrected chi connectivity index (χ0v) is 15.0. The Bertz CT molecular complexity index is 607. The van der Waals surface area contributed by atoms with Gasteiger partial charge < -0.3 is 14.8 Å². The molecule has 0 radical (unpaired) electrons. The van der Waals surface area contributed by atoms with Crippen molar-refractivity contribution in [2.45, 2.75) is 52.1 Å². The fourth-order valence-electron chi connectivity index (χ4n) is 2.76. The van der Waals surface area contributed by atoms with Gasteiger partial charge in [-0.25, -0.2) is 4.79 Å². The second kappa shape index (κ2) is 9.87. The minimum atomic E-state index is -0.820. The number of nitrogens with one attached hydrogen (secondary N) is 1. The normalized spacial score (nSPS) is 15.0. The van der Waals surface area contributed by atoms with Gasteiger partial charge in [0.25, 0.3) is 5.91 Å². The maximum atomic E-state index is 12.1. The molecule has 1 atom stereocenters. The Hall–Kier alpha value is -2.30. The number of benzene rings is 1. The van der Waals surface area contributed by atoms with Gasteiger partial charge in [-0.3, -0.25) is 4.79 Å². The molecule has 1 aromatic carbocycles. The molecule has 0 aliphatic heterocycles. The van der Waals surface area contributed by atoms with Crippen molar-refractivity contribution in [3.8, 4) is 5.75 Å². The highest BCUT2D eigenvalue weighted by Crippen LogP contribution is 2.19. The van der Waals surface area contributed by atoms with Crippen LogP contribution < -0.4 is 10.1 Å². The number of hydrogen-bond donors (Lipinski definition) is 1. The minimum absolute atomic E-state index is 0.268. The third-order valence-electron chi connectivity index (χ3n) is 4.18. The molecule has 1 aliphatic rings. The van der Waals surface area contributed by atoms with Gasteiger partial charge >= 0.3 is 5.97 Å². The van der Waals surface area contributed by atoms with Crippen molar-refractivity contribution in [2.24, 2.45) is 0 Å². The fourth-order valence-corrected chi connectivity index (χ4v) is 2.76. The molecule has 0 saturated carbocycles. The van der Waals surface area contributed by atoms with Crippen molar-refractivity contribution in [1.29, 1.82) is 0 Å². The lowest BCUT2D eigenvalue weighted by Gasteiger charge is -2.15. The molecule has 136 valence electrons. The molecule has 0 fully saturated rings. The maximum Gasteiger partial charge on any atom is 0.338 e. The molecule has 5 nitrogen and oxygen atoms in total. The van der Waals surface area contributed by atoms with Crippen molar-refractivity contribution in [3.63, 3.8) is 0 Å². The van der Waals surface area contributed by atoms with Gasteiger partial charge in [0, 0.05) is 6.54 Å². The van der Waals surface area contributed by atoms with Crippen LogP contribution in [-0.2, 0) is 9.53 Å². The molecule has 1 aliphatic carbocycles. The number of amides is 1. The Morgan fingerprint density at radius 3 is 2.60 bits per heavy atom. The lowest BCUT2D eigenvalue weighted by atomic mass is 9.97. The van der Waals surface area contributed by atoms with E-state index in [1.807, 2.05) is 6.92 Å². The van der Waals surface area contributed by atoms with Crippen LogP contribution in [0.1, 0.15) is 56.3 Å². The maximum absolute atomic E-state index is 12.1. The molecule has 2 rings (SSSR count). The zero-order valence-electron chi connectivity index (χ0n) is 15.0. The summed E-state index contributed by atoms with van der Waals surface area (Å²) in [4.78, 5) is 24.2. The quantitative estimate of drug-likeness (QED) is 0.577. The predicted octanol–water partition coefficient (Wildman–Crippen LogP) is 3.64. The lowest BCUT2D eigenvalue weighted by Crippen LogP contribution is -2.36. The molecule has 0 saturated heterocycles. The first-order valence-corrected chi connectivity index (χ1v) is 8.99. The van der Waals surface area contributed by atoms with Crippen LogP contribution in [0.3, 0.4) is 0 Å². The molecular weight excluding hydrogens is 318 g/mol. The topological polar surface area (TPSA) is 64.6 Å². The van der Waals surface area contributed by atoms with E-state index in [2.05, 4.69) is 11.4 Å². The van der Waals surface area contributed by atoms with Gasteiger partial charge in [-0.2, -0.15) is 0 Å². The molecular formula is C20H27NO4. The van der Waals surface area contributed by atoms with Crippen molar-refractivity contribution >= 4 is 11.9 Å². The SMILES string of the molecule is CCOc1ccc(C(=O)O[C@H](C)C(=O)NCCC2=CCCCC2)cc1. The van der Waals surface area contributed by atoms with Crippen LogP contribution in [0.4, 0.5) is 0 Å². The number of ether oxygens (including phenoxy) is 2. The van der Waals surface area contributed by atoms with E-state index in [4.69, 9.17) is 9.47 Å². The Kier molecular flexibility index (Phi) is 7.51. The van der Waals surface area contributed by atoms with Gasteiger partial charge in [0.2, 0.25) is 0 Å². The Balaban J connectivity index is 1.75. The number of hydrogen-bond acceptors (Lipinski definition) is 4. The van der Waals surface area contributed by atoms with E-state index < -0.39 is 12.1 Å². The largest absolute Gasteiger partial charge is 0.494 e. The van der Waals surface area contributed by atoms with Crippen molar-refractivity contribution in [3.05, 3.63) is 41.5 Å². The van der Waals surface area contributed by atoms with E-state index in [0.717, 1.165) is 19.3 Å². The van der Waals surface area contributed by atoms with E-state index in [1.165, 1.54) is 18.4 Å². The second-order valence-electron chi connectivity index (χ2n) is 6.15. The summed E-state index contributed by atoms with van der Waals surface area (Å²) in [5.74, 6) is -0.0850. The summed E-state index contributed by atoms with van der Waals surface area (Å²) in [6, 6.07) is 6.69. The van der Waals surface area contributed by atoms with Crippen LogP contribution in [-0.4, -0.2) is 31.1 Å². The van der Waals surface area contributed by atoms with E-state index in [-0.39, 0.29) is 5.91 Å². The third kappa shape index (κ3) is 6.25. The average molecular weight is 345 g/mol. The van der Waals surface area contributed by atoms with Gasteiger partial charge in [-0.05, 0) is 70.2 Å². The van der Waals surface area contributed by atoms with Crippen LogP contribution in [0.5, 0.6) is 5.75 Å². The second-order valence-corrected chi connectivity index (χ2v) is 6.15. The van der Waals surface area contributed by atoms with Crippen LogP contribution in [0.15, 0.2) is 35.9 Å². The van der Waals surface area contributed by atoms with Gasteiger partial charge in [0.1, 0.15) is 5.75 Å². The van der Waals surface area contributed by atoms with E-state index in [0.29, 0.717) is 24.5 Å². The summed E-state index contributed by atoms with van der Waals surface area (Å²) in [5.41, 5.74) is 1.81. The fraction of sp³-hybridized carbons (Fsp3) is 0.500. The van der Waals surface area contributed by atoms with Gasteiger partial charge in [-0.15, -0.1) is 0 Å². The number of carbonyl (C=O) groups excluding carboxylic acids is 2. The molecule has 1 aromatic rings. The summed E-state index contributed by atoms with van der Waals surface area (Å²) in [5, 5.41) is 2.84. The van der Waals surface area contributed by atoms with Crippen LogP contribution >= 0.6 is 0 Å². The first kappa shape index (κ1) is 19.0. The molecule has 1 amide bonds. The van der Waals surface area contributed by atoms with Crippen LogP contribution in [0, 0.1) is 0 Å². The zero-order chi connectivity index (χ0) is 18.1. The monoisotopic (exact) mass is 345 g/mol. The Morgan fingerprint density at radius 1 is 1.20 bits per heavy atom. The highest BCUT2D eigenvalue weighted by Gasteiger charge is 2.18. The summed E-state index contributed by atoms with van der Waals surface area (Å²) in [6.45, 7) is 4.63. The van der Waals surface area contributed by atoms with Crippen molar-refractivity contribution in [1.82, 2.24) is 5.32 Å². The first-order valence-electron chi connectivity index (χ1n) is 8.99. The molecule has 0 heterocycles. The summed E-state index contributed by atoms with van der Waals surface area (Å²) >= 11 is 0. The highest BCUT2D eigenvalue weighted by molar-refractivity contribution is 5.92. The molecule has 25 heavy (non-hydrogen) atoms. The lowest BCUT2D eigenvalue weighted by molar-refractivity contribution is -0.129. The number of allylic oxidation sites excluding steroid dienone is 1. The van der Waals surface area contributed by atoms with Gasteiger partial charge in [0.15, 0.2) is 6.10 Å². The average Bonchev–Trinajstić information content (AvgIpc) is 2.63. The molecule has 0 spiro atoms. The smallest absolute Gasteiger partial charge is 0.338 e. The number of carbonyl (C=O) groups is 2. The Morgan fingerprint density at radius 2 is 1.96 bits per heavy atom. The van der Waals surface area contributed by atoms with E-state index in [1.54, 1.807) is 31.2 Å². The van der Waals surface area contributed by atoms with Crippen LogP contribution in [0.25, 0.3) is 0 Å². The third-order valence-corrected chi connectivity index (χ3v) is 4.18. The van der Waals surface area contributed by atoms with Gasteiger partial charge in [-0.1, -0.05) is 11.6 Å². The number of esters is 1.